The van der Waals surface area contributed by atoms with Crippen molar-refractivity contribution in [1.82, 2.24) is 9.71 Å². The van der Waals surface area contributed by atoms with Gasteiger partial charge in [-0.2, -0.15) is 0 Å². The van der Waals surface area contributed by atoms with Crippen molar-refractivity contribution in [2.45, 2.75) is 57.6 Å². The third-order valence-corrected chi connectivity index (χ3v) is 6.72. The van der Waals surface area contributed by atoms with E-state index in [0.717, 1.165) is 44.1 Å². The lowest BCUT2D eigenvalue weighted by molar-refractivity contribution is -0.00741. The van der Waals surface area contributed by atoms with E-state index in [1.807, 2.05) is 18.2 Å². The largest absolute Gasteiger partial charge is 0.378 e. The number of nitrogens with zero attached hydrogens (tertiary/aromatic N) is 2. The minimum absolute atomic E-state index is 0.0769. The van der Waals surface area contributed by atoms with E-state index in [4.69, 9.17) is 4.74 Å². The number of sulfonamides is 1. The second kappa shape index (κ2) is 9.34. The van der Waals surface area contributed by atoms with Crippen LogP contribution in [0.5, 0.6) is 0 Å². The van der Waals surface area contributed by atoms with Crippen molar-refractivity contribution < 1.29 is 13.2 Å². The van der Waals surface area contributed by atoms with E-state index in [-0.39, 0.29) is 12.0 Å². The van der Waals surface area contributed by atoms with E-state index in [9.17, 15) is 8.42 Å². The van der Waals surface area contributed by atoms with Gasteiger partial charge in [0.2, 0.25) is 10.0 Å². The lowest BCUT2D eigenvalue weighted by Crippen LogP contribution is -2.52. The Morgan fingerprint density at radius 1 is 1.22 bits per heavy atom. The number of hydrogen-bond donors (Lipinski definition) is 1. The molecule has 152 valence electrons. The van der Waals surface area contributed by atoms with Gasteiger partial charge in [-0.15, -0.1) is 0 Å². The van der Waals surface area contributed by atoms with Crippen molar-refractivity contribution in [3.8, 4) is 0 Å². The SMILES string of the molecule is CC[C@H]1CC[C@@H](OC[C@@H]2CN(c3ccccn3)CCC2NS(C)(=O)=O)CC1. The van der Waals surface area contributed by atoms with E-state index >= 15 is 0 Å². The minimum Gasteiger partial charge on any atom is -0.378 e. The van der Waals surface area contributed by atoms with Crippen LogP contribution in [-0.2, 0) is 14.8 Å². The first-order valence-electron chi connectivity index (χ1n) is 10.2. The van der Waals surface area contributed by atoms with Crippen LogP contribution in [0.15, 0.2) is 24.4 Å². The first-order valence-corrected chi connectivity index (χ1v) is 12.1. The van der Waals surface area contributed by atoms with Crippen LogP contribution in [0.3, 0.4) is 0 Å². The van der Waals surface area contributed by atoms with Gasteiger partial charge < -0.3 is 9.64 Å². The van der Waals surface area contributed by atoms with Crippen LogP contribution in [0.4, 0.5) is 5.82 Å². The van der Waals surface area contributed by atoms with E-state index < -0.39 is 10.0 Å². The Morgan fingerprint density at radius 3 is 2.63 bits per heavy atom. The van der Waals surface area contributed by atoms with Crippen LogP contribution in [0, 0.1) is 11.8 Å². The predicted octanol–water partition coefficient (Wildman–Crippen LogP) is 2.81. The molecule has 3 rings (SSSR count). The molecule has 2 fully saturated rings. The molecule has 2 heterocycles. The molecular formula is C20H33N3O3S. The monoisotopic (exact) mass is 395 g/mol. The second-order valence-electron chi connectivity index (χ2n) is 8.06. The van der Waals surface area contributed by atoms with Gasteiger partial charge in [0.25, 0.3) is 0 Å². The normalized spacial score (nSPS) is 29.6. The van der Waals surface area contributed by atoms with Crippen LogP contribution >= 0.6 is 0 Å². The van der Waals surface area contributed by atoms with Gasteiger partial charge >= 0.3 is 0 Å². The van der Waals surface area contributed by atoms with Crippen LogP contribution in [0.25, 0.3) is 0 Å². The molecule has 1 aliphatic carbocycles. The summed E-state index contributed by atoms with van der Waals surface area (Å²) in [4.78, 5) is 6.69. The molecule has 2 aliphatic rings. The summed E-state index contributed by atoms with van der Waals surface area (Å²) in [5.74, 6) is 1.92. The molecule has 1 aliphatic heterocycles. The molecule has 2 atom stereocenters. The fraction of sp³-hybridized carbons (Fsp3) is 0.750. The molecule has 7 heteroatoms. The lowest BCUT2D eigenvalue weighted by atomic mass is 9.85. The molecule has 1 aromatic heterocycles. The molecule has 1 saturated carbocycles. The van der Waals surface area contributed by atoms with Crippen LogP contribution < -0.4 is 9.62 Å². The summed E-state index contributed by atoms with van der Waals surface area (Å²) < 4.78 is 32.7. The van der Waals surface area contributed by atoms with E-state index in [1.54, 1.807) is 6.20 Å². The van der Waals surface area contributed by atoms with E-state index in [0.29, 0.717) is 12.7 Å². The highest BCUT2D eigenvalue weighted by Crippen LogP contribution is 2.29. The highest BCUT2D eigenvalue weighted by molar-refractivity contribution is 7.88. The van der Waals surface area contributed by atoms with Gasteiger partial charge in [-0.1, -0.05) is 19.4 Å². The molecule has 0 bridgehead atoms. The number of ether oxygens (including phenoxy) is 1. The maximum Gasteiger partial charge on any atom is 0.208 e. The average molecular weight is 396 g/mol. The highest BCUT2D eigenvalue weighted by Gasteiger charge is 2.33. The maximum atomic E-state index is 11.8. The summed E-state index contributed by atoms with van der Waals surface area (Å²) in [7, 11) is -3.23. The van der Waals surface area contributed by atoms with Gasteiger partial charge in [0, 0.05) is 31.2 Å². The van der Waals surface area contributed by atoms with Crippen molar-refractivity contribution in [3.05, 3.63) is 24.4 Å². The van der Waals surface area contributed by atoms with Gasteiger partial charge in [0.1, 0.15) is 5.82 Å². The molecule has 6 nitrogen and oxygen atoms in total. The fourth-order valence-electron chi connectivity index (χ4n) is 4.35. The maximum absolute atomic E-state index is 11.8. The number of rotatable bonds is 7. The number of nitrogens with one attached hydrogen (secondary N) is 1. The molecular weight excluding hydrogens is 362 g/mol. The topological polar surface area (TPSA) is 71.5 Å². The van der Waals surface area contributed by atoms with E-state index in [1.165, 1.54) is 25.5 Å². The van der Waals surface area contributed by atoms with Crippen molar-refractivity contribution in [2.75, 3.05) is 30.9 Å². The number of hydrogen-bond acceptors (Lipinski definition) is 5. The average Bonchev–Trinajstić information content (AvgIpc) is 2.67. The summed E-state index contributed by atoms with van der Waals surface area (Å²) in [5.41, 5.74) is 0. The Kier molecular flexibility index (Phi) is 7.11. The zero-order chi connectivity index (χ0) is 19.3. The molecule has 0 spiro atoms. The van der Waals surface area contributed by atoms with Crippen LogP contribution in [0.2, 0.25) is 0 Å². The third kappa shape index (κ3) is 6.16. The number of piperidine rings is 1. The zero-order valence-electron chi connectivity index (χ0n) is 16.5. The molecule has 1 saturated heterocycles. The Hall–Kier alpha value is -1.18. The molecule has 1 aromatic rings. The highest BCUT2D eigenvalue weighted by atomic mass is 32.2. The summed E-state index contributed by atoms with van der Waals surface area (Å²) in [6.45, 7) is 4.41. The fourth-order valence-corrected chi connectivity index (χ4v) is 5.21. The minimum atomic E-state index is -3.23. The second-order valence-corrected chi connectivity index (χ2v) is 9.84. The number of pyridine rings is 1. The van der Waals surface area contributed by atoms with E-state index in [2.05, 4.69) is 21.5 Å². The van der Waals surface area contributed by atoms with Crippen LogP contribution in [-0.4, -0.2) is 51.5 Å². The van der Waals surface area contributed by atoms with Crippen LogP contribution in [0.1, 0.15) is 45.4 Å². The molecule has 0 aromatic carbocycles. The summed E-state index contributed by atoms with van der Waals surface area (Å²) in [6.07, 6.45) is 10.1. The van der Waals surface area contributed by atoms with Gasteiger partial charge in [0.15, 0.2) is 0 Å². The Balaban J connectivity index is 1.61. The van der Waals surface area contributed by atoms with Crippen molar-refractivity contribution in [3.63, 3.8) is 0 Å². The lowest BCUT2D eigenvalue weighted by Gasteiger charge is -2.40. The zero-order valence-corrected chi connectivity index (χ0v) is 17.3. The quantitative estimate of drug-likeness (QED) is 0.769. The first kappa shape index (κ1) is 20.6. The molecule has 1 N–H and O–H groups in total. The smallest absolute Gasteiger partial charge is 0.208 e. The van der Waals surface area contributed by atoms with Crippen molar-refractivity contribution in [1.29, 1.82) is 0 Å². The molecule has 0 amide bonds. The molecule has 1 unspecified atom stereocenters. The first-order chi connectivity index (χ1) is 12.9. The van der Waals surface area contributed by atoms with Crippen molar-refractivity contribution in [2.24, 2.45) is 11.8 Å². The summed E-state index contributed by atoms with van der Waals surface area (Å²) >= 11 is 0. The summed E-state index contributed by atoms with van der Waals surface area (Å²) in [5, 5.41) is 0. The Bertz CT molecular complexity index is 675. The number of aromatic nitrogens is 1. The van der Waals surface area contributed by atoms with Gasteiger partial charge in [-0.25, -0.2) is 18.1 Å². The third-order valence-electron chi connectivity index (χ3n) is 5.99. The predicted molar refractivity (Wildman–Crippen MR) is 108 cm³/mol. The van der Waals surface area contributed by atoms with Gasteiger partial charge in [0.05, 0.1) is 19.0 Å². The molecule has 0 radical (unpaired) electrons. The standard InChI is InChI=1S/C20H33N3O3S/c1-3-16-7-9-18(10-8-16)26-15-17-14-23(20-6-4-5-12-21-20)13-11-19(17)22-27(2,24)25/h4-6,12,16-19,22H,3,7-11,13-15H2,1-2H3/t16-,17-,18+,19?/m0/s1. The Labute approximate surface area is 163 Å². The van der Waals surface area contributed by atoms with Gasteiger partial charge in [-0.3, -0.25) is 0 Å². The van der Waals surface area contributed by atoms with Gasteiger partial charge in [-0.05, 0) is 50.2 Å². The number of anilines is 1. The Morgan fingerprint density at radius 2 is 2.00 bits per heavy atom. The summed E-state index contributed by atoms with van der Waals surface area (Å²) in [6, 6.07) is 5.83. The molecule has 27 heavy (non-hydrogen) atoms. The van der Waals surface area contributed by atoms with Crippen molar-refractivity contribution >= 4 is 15.8 Å².